The summed E-state index contributed by atoms with van der Waals surface area (Å²) in [7, 11) is 0. The zero-order valence-corrected chi connectivity index (χ0v) is 23.2. The summed E-state index contributed by atoms with van der Waals surface area (Å²) in [6.07, 6.45) is 3.29. The maximum absolute atomic E-state index is 14.2. The Morgan fingerprint density at radius 2 is 2.05 bits per heavy atom. The van der Waals surface area contributed by atoms with Gasteiger partial charge in [-0.25, -0.2) is 14.2 Å². The molecule has 41 heavy (non-hydrogen) atoms. The first-order valence-electron chi connectivity index (χ1n) is 13.1. The average molecular weight is 573 g/mol. The molecule has 1 saturated heterocycles. The lowest BCUT2D eigenvalue weighted by atomic mass is 10.0. The fourth-order valence-corrected chi connectivity index (χ4v) is 5.11. The third-order valence-electron chi connectivity index (χ3n) is 7.36. The Bertz CT molecular complexity index is 1670. The van der Waals surface area contributed by atoms with Crippen LogP contribution in [-0.2, 0) is 24.4 Å². The minimum absolute atomic E-state index is 0. The molecule has 1 fully saturated rings. The lowest BCUT2D eigenvalue weighted by molar-refractivity contribution is -0.0591. The standard InChI is InChI=1S/C31H27FN4O4.H2S/c32-26-13-20(15-33)4-7-29(26)40-19-21-2-1-3-22(12-21)24-8-10-35(16-24)18-30-34-27-6-5-23(31(37)38)14-28(27)36(30)17-25-9-11-39-25;/h1-8,12-14,25H,9-11,16-19H2,(H,37,38);1H2/t25-;/m0./s1. The van der Waals surface area contributed by atoms with Crippen molar-refractivity contribution in [3.8, 4) is 11.8 Å². The molecule has 4 aromatic rings. The lowest BCUT2D eigenvalue weighted by Crippen LogP contribution is -2.32. The average Bonchev–Trinajstić information content (AvgIpc) is 3.54. The number of nitriles is 1. The smallest absolute Gasteiger partial charge is 0.335 e. The zero-order valence-electron chi connectivity index (χ0n) is 22.2. The molecule has 1 aromatic heterocycles. The highest BCUT2D eigenvalue weighted by Gasteiger charge is 2.24. The quantitative estimate of drug-likeness (QED) is 0.297. The van der Waals surface area contributed by atoms with E-state index in [2.05, 4.69) is 21.6 Å². The van der Waals surface area contributed by atoms with Crippen molar-refractivity contribution in [3.05, 3.63) is 101 Å². The molecule has 0 amide bonds. The number of ether oxygens (including phenoxy) is 2. The molecule has 8 nitrogen and oxygen atoms in total. The van der Waals surface area contributed by atoms with Crippen molar-refractivity contribution in [2.75, 3.05) is 19.7 Å². The van der Waals surface area contributed by atoms with Crippen LogP contribution in [0.5, 0.6) is 5.75 Å². The highest BCUT2D eigenvalue weighted by Crippen LogP contribution is 2.27. The predicted molar refractivity (Wildman–Crippen MR) is 157 cm³/mol. The summed E-state index contributed by atoms with van der Waals surface area (Å²) in [6.45, 7) is 3.71. The highest BCUT2D eigenvalue weighted by molar-refractivity contribution is 7.59. The van der Waals surface area contributed by atoms with Gasteiger partial charge in [0.05, 0.1) is 47.4 Å². The number of halogens is 1. The number of imidazole rings is 1. The van der Waals surface area contributed by atoms with E-state index in [4.69, 9.17) is 19.7 Å². The van der Waals surface area contributed by atoms with E-state index in [-0.39, 0.29) is 43.1 Å². The van der Waals surface area contributed by atoms with E-state index in [1.54, 1.807) is 18.2 Å². The Balaban J connectivity index is 0.00000337. The van der Waals surface area contributed by atoms with Crippen molar-refractivity contribution < 1.29 is 23.8 Å². The van der Waals surface area contributed by atoms with Gasteiger partial charge in [-0.2, -0.15) is 18.8 Å². The minimum Gasteiger partial charge on any atom is -0.486 e. The van der Waals surface area contributed by atoms with E-state index < -0.39 is 11.8 Å². The summed E-state index contributed by atoms with van der Waals surface area (Å²) in [5, 5.41) is 18.4. The van der Waals surface area contributed by atoms with E-state index in [1.807, 2.05) is 24.3 Å². The third-order valence-corrected chi connectivity index (χ3v) is 7.36. The van der Waals surface area contributed by atoms with Crippen LogP contribution in [0, 0.1) is 17.1 Å². The second kappa shape index (κ2) is 12.1. The van der Waals surface area contributed by atoms with Crippen LogP contribution in [0.25, 0.3) is 16.6 Å². The topological polar surface area (TPSA) is 101 Å². The maximum Gasteiger partial charge on any atom is 0.335 e. The van der Waals surface area contributed by atoms with E-state index in [0.29, 0.717) is 13.1 Å². The molecule has 0 radical (unpaired) electrons. The summed E-state index contributed by atoms with van der Waals surface area (Å²) >= 11 is 0. The van der Waals surface area contributed by atoms with Crippen LogP contribution in [0.15, 0.2) is 66.7 Å². The number of carboxylic acid groups (broad SMARTS) is 1. The molecule has 3 heterocycles. The van der Waals surface area contributed by atoms with Gasteiger partial charge in [0.25, 0.3) is 0 Å². The van der Waals surface area contributed by atoms with Gasteiger partial charge in [-0.15, -0.1) is 0 Å². The molecule has 0 saturated carbocycles. The molecule has 2 aliphatic heterocycles. The molecule has 3 aromatic carbocycles. The van der Waals surface area contributed by atoms with Gasteiger partial charge in [0.15, 0.2) is 11.6 Å². The molecule has 1 atom stereocenters. The third kappa shape index (κ3) is 6.12. The Morgan fingerprint density at radius 3 is 2.78 bits per heavy atom. The Kier molecular flexibility index (Phi) is 8.40. The van der Waals surface area contributed by atoms with E-state index in [9.17, 15) is 14.3 Å². The SMILES string of the molecule is N#Cc1ccc(OCc2cccc(C3=CCN(Cc4nc5ccc(C(=O)O)cc5n4C[C@@H]4CCO4)C3)c2)c(F)c1.S. The monoisotopic (exact) mass is 572 g/mol. The van der Waals surface area contributed by atoms with Gasteiger partial charge in [0.2, 0.25) is 0 Å². The molecule has 10 heteroatoms. The number of benzene rings is 3. The molecule has 210 valence electrons. The molecular formula is C31H29FN4O4S. The number of hydrogen-bond donors (Lipinski definition) is 1. The number of carboxylic acids is 1. The Morgan fingerprint density at radius 1 is 1.20 bits per heavy atom. The number of fused-ring (bicyclic) bond motifs is 1. The molecule has 6 rings (SSSR count). The summed E-state index contributed by atoms with van der Waals surface area (Å²) in [5.41, 5.74) is 5.25. The second-order valence-electron chi connectivity index (χ2n) is 10.1. The summed E-state index contributed by atoms with van der Waals surface area (Å²) in [6, 6.07) is 19.2. The first kappa shape index (κ1) is 28.4. The number of aromatic carboxylic acids is 1. The highest BCUT2D eigenvalue weighted by atomic mass is 32.1. The van der Waals surface area contributed by atoms with Gasteiger partial charge in [0.1, 0.15) is 12.4 Å². The molecule has 1 N–H and O–H groups in total. The first-order chi connectivity index (χ1) is 19.5. The number of hydrogen-bond acceptors (Lipinski definition) is 6. The van der Waals surface area contributed by atoms with Crippen molar-refractivity contribution >= 4 is 36.1 Å². The fraction of sp³-hybridized carbons (Fsp3) is 0.258. The van der Waals surface area contributed by atoms with Crippen LogP contribution >= 0.6 is 13.5 Å². The Hall–Kier alpha value is -4.17. The van der Waals surface area contributed by atoms with Crippen LogP contribution in [0.2, 0.25) is 0 Å². The van der Waals surface area contributed by atoms with Gasteiger partial charge in [-0.3, -0.25) is 4.90 Å². The normalized spacial score (nSPS) is 16.5. The molecule has 0 bridgehead atoms. The van der Waals surface area contributed by atoms with Crippen molar-refractivity contribution in [3.63, 3.8) is 0 Å². The molecule has 2 aliphatic rings. The number of carbonyl (C=O) groups is 1. The van der Waals surface area contributed by atoms with Crippen molar-refractivity contribution in [2.24, 2.45) is 0 Å². The maximum atomic E-state index is 14.2. The first-order valence-corrected chi connectivity index (χ1v) is 13.1. The van der Waals surface area contributed by atoms with Gasteiger partial charge < -0.3 is 19.1 Å². The lowest BCUT2D eigenvalue weighted by Gasteiger charge is -2.28. The second-order valence-corrected chi connectivity index (χ2v) is 10.1. The number of aromatic nitrogens is 2. The van der Waals surface area contributed by atoms with Crippen molar-refractivity contribution in [1.29, 1.82) is 5.26 Å². The predicted octanol–water partition coefficient (Wildman–Crippen LogP) is 5.13. The van der Waals surface area contributed by atoms with Crippen LogP contribution < -0.4 is 4.74 Å². The minimum atomic E-state index is -0.959. The largest absolute Gasteiger partial charge is 0.486 e. The van der Waals surface area contributed by atoms with Gasteiger partial charge in [0, 0.05) is 19.7 Å². The van der Waals surface area contributed by atoms with Crippen LogP contribution in [0.3, 0.4) is 0 Å². The molecular weight excluding hydrogens is 543 g/mol. The van der Waals surface area contributed by atoms with Gasteiger partial charge in [-0.05, 0) is 65.6 Å². The Labute approximate surface area is 243 Å². The van der Waals surface area contributed by atoms with Crippen LogP contribution in [0.1, 0.15) is 39.3 Å². The fourth-order valence-electron chi connectivity index (χ4n) is 5.11. The summed E-state index contributed by atoms with van der Waals surface area (Å²) < 4.78 is 27.7. The summed E-state index contributed by atoms with van der Waals surface area (Å²) in [5.74, 6) is -0.520. The number of nitrogens with zero attached hydrogens (tertiary/aromatic N) is 4. The van der Waals surface area contributed by atoms with Crippen LogP contribution in [0.4, 0.5) is 4.39 Å². The molecule has 0 spiro atoms. The summed E-state index contributed by atoms with van der Waals surface area (Å²) in [4.78, 5) is 18.7. The van der Waals surface area contributed by atoms with Gasteiger partial charge >= 0.3 is 5.97 Å². The van der Waals surface area contributed by atoms with E-state index >= 15 is 0 Å². The zero-order chi connectivity index (χ0) is 27.6. The van der Waals surface area contributed by atoms with Crippen molar-refractivity contribution in [1.82, 2.24) is 14.5 Å². The molecule has 0 unspecified atom stereocenters. The van der Waals surface area contributed by atoms with E-state index in [1.165, 1.54) is 23.8 Å². The van der Waals surface area contributed by atoms with Crippen LogP contribution in [-0.4, -0.2) is 51.3 Å². The van der Waals surface area contributed by atoms with Crippen molar-refractivity contribution in [2.45, 2.75) is 32.2 Å². The van der Waals surface area contributed by atoms with E-state index in [0.717, 1.165) is 54.1 Å². The van der Waals surface area contributed by atoms with Gasteiger partial charge in [-0.1, -0.05) is 24.3 Å². The number of rotatable bonds is 9. The molecule has 0 aliphatic carbocycles.